The van der Waals surface area contributed by atoms with E-state index in [0.717, 1.165) is 22.3 Å². The minimum atomic E-state index is -0.978. The average molecular weight is 397 g/mol. The Morgan fingerprint density at radius 1 is 1.03 bits per heavy atom. The quantitative estimate of drug-likeness (QED) is 0.732. The Bertz CT molecular complexity index is 841. The average Bonchev–Trinajstić information content (AvgIpc) is 2.97. The summed E-state index contributed by atoms with van der Waals surface area (Å²) in [6.07, 6.45) is -1.41. The fourth-order valence-electron chi connectivity index (χ4n) is 3.70. The van der Waals surface area contributed by atoms with E-state index in [4.69, 9.17) is 14.6 Å². The fraction of sp³-hybridized carbons (Fsp3) is 0.391. The van der Waals surface area contributed by atoms with Crippen molar-refractivity contribution in [1.82, 2.24) is 5.32 Å². The highest BCUT2D eigenvalue weighted by Crippen LogP contribution is 2.44. The second-order valence-electron chi connectivity index (χ2n) is 8.16. The third-order valence-corrected chi connectivity index (χ3v) is 4.74. The Balaban J connectivity index is 1.60. The van der Waals surface area contributed by atoms with Crippen LogP contribution in [0.2, 0.25) is 0 Å². The zero-order chi connectivity index (χ0) is 21.0. The van der Waals surface area contributed by atoms with E-state index in [-0.39, 0.29) is 25.5 Å². The molecule has 1 atom stereocenters. The van der Waals surface area contributed by atoms with Crippen LogP contribution in [0.25, 0.3) is 11.1 Å². The van der Waals surface area contributed by atoms with Crippen LogP contribution in [0.4, 0.5) is 4.79 Å². The molecule has 0 saturated heterocycles. The molecule has 1 aliphatic carbocycles. The van der Waals surface area contributed by atoms with Crippen molar-refractivity contribution < 1.29 is 24.2 Å². The zero-order valence-electron chi connectivity index (χ0n) is 17.0. The number of amides is 1. The molecule has 0 fully saturated rings. The van der Waals surface area contributed by atoms with E-state index in [1.807, 2.05) is 45.0 Å². The predicted octanol–water partition coefficient (Wildman–Crippen LogP) is 4.18. The van der Waals surface area contributed by atoms with Gasteiger partial charge in [0, 0.05) is 12.5 Å². The van der Waals surface area contributed by atoms with Crippen LogP contribution in [0.5, 0.6) is 0 Å². The molecule has 0 aromatic heterocycles. The first-order valence-electron chi connectivity index (χ1n) is 9.73. The van der Waals surface area contributed by atoms with Gasteiger partial charge in [-0.3, -0.25) is 4.79 Å². The lowest BCUT2D eigenvalue weighted by Gasteiger charge is -2.26. The van der Waals surface area contributed by atoms with Crippen LogP contribution in [0.15, 0.2) is 48.5 Å². The highest BCUT2D eigenvalue weighted by atomic mass is 16.5. The molecule has 154 valence electrons. The molecule has 0 spiro atoms. The van der Waals surface area contributed by atoms with Crippen LogP contribution in [-0.2, 0) is 14.3 Å². The predicted molar refractivity (Wildman–Crippen MR) is 110 cm³/mol. The van der Waals surface area contributed by atoms with Gasteiger partial charge in [-0.05, 0) is 43.0 Å². The smallest absolute Gasteiger partial charge is 0.407 e. The summed E-state index contributed by atoms with van der Waals surface area (Å²) in [4.78, 5) is 23.3. The number of hydrogen-bond donors (Lipinski definition) is 2. The maximum absolute atomic E-state index is 12.2. The SMILES string of the molecule is CC(C)(C)OC(CNC(=O)OCC1c2ccccc2-c2ccccc21)CC(=O)O. The molecule has 6 heteroatoms. The van der Waals surface area contributed by atoms with E-state index < -0.39 is 23.8 Å². The number of aliphatic carboxylic acids is 1. The Kier molecular flexibility index (Phi) is 6.23. The molecule has 2 aromatic carbocycles. The van der Waals surface area contributed by atoms with Gasteiger partial charge in [-0.15, -0.1) is 0 Å². The van der Waals surface area contributed by atoms with Crippen LogP contribution in [0.1, 0.15) is 44.2 Å². The van der Waals surface area contributed by atoms with Crippen LogP contribution < -0.4 is 5.32 Å². The van der Waals surface area contributed by atoms with Crippen molar-refractivity contribution in [3.63, 3.8) is 0 Å². The van der Waals surface area contributed by atoms with Crippen LogP contribution in [0, 0.1) is 0 Å². The van der Waals surface area contributed by atoms with Crippen molar-refractivity contribution in [3.8, 4) is 11.1 Å². The summed E-state index contributed by atoms with van der Waals surface area (Å²) in [5.74, 6) is -0.998. The monoisotopic (exact) mass is 397 g/mol. The van der Waals surface area contributed by atoms with Crippen molar-refractivity contribution in [2.75, 3.05) is 13.2 Å². The number of ether oxygens (including phenoxy) is 2. The Hall–Kier alpha value is -2.86. The fourth-order valence-corrected chi connectivity index (χ4v) is 3.70. The normalized spacial score (nSPS) is 14.0. The lowest BCUT2D eigenvalue weighted by molar-refractivity contribution is -0.143. The third-order valence-electron chi connectivity index (χ3n) is 4.74. The minimum absolute atomic E-state index is 0.0196. The summed E-state index contributed by atoms with van der Waals surface area (Å²) in [5, 5.41) is 11.7. The van der Waals surface area contributed by atoms with E-state index in [9.17, 15) is 9.59 Å². The number of rotatable bonds is 7. The highest BCUT2D eigenvalue weighted by Gasteiger charge is 2.29. The number of fused-ring (bicyclic) bond motifs is 3. The standard InChI is InChI=1S/C23H27NO5/c1-23(2,3)29-15(12-21(25)26)13-24-22(27)28-14-20-18-10-6-4-8-16(18)17-9-5-7-11-19(17)20/h4-11,15,20H,12-14H2,1-3H3,(H,24,27)(H,25,26). The molecule has 0 heterocycles. The molecule has 0 aliphatic heterocycles. The van der Waals surface area contributed by atoms with E-state index in [0.29, 0.717) is 0 Å². The minimum Gasteiger partial charge on any atom is -0.481 e. The van der Waals surface area contributed by atoms with Gasteiger partial charge in [0.05, 0.1) is 18.1 Å². The van der Waals surface area contributed by atoms with Gasteiger partial charge in [0.15, 0.2) is 0 Å². The molecule has 0 radical (unpaired) electrons. The lowest BCUT2D eigenvalue weighted by Crippen LogP contribution is -2.39. The zero-order valence-corrected chi connectivity index (χ0v) is 17.0. The molecule has 3 rings (SSSR count). The number of carboxylic acid groups (broad SMARTS) is 1. The van der Waals surface area contributed by atoms with E-state index in [2.05, 4.69) is 29.6 Å². The largest absolute Gasteiger partial charge is 0.481 e. The summed E-state index contributed by atoms with van der Waals surface area (Å²) in [6, 6.07) is 16.2. The first-order chi connectivity index (χ1) is 13.7. The van der Waals surface area contributed by atoms with Gasteiger partial charge in [-0.25, -0.2) is 4.79 Å². The maximum atomic E-state index is 12.2. The van der Waals surface area contributed by atoms with Crippen molar-refractivity contribution in [3.05, 3.63) is 59.7 Å². The van der Waals surface area contributed by atoms with Crippen LogP contribution in [-0.4, -0.2) is 42.0 Å². The Morgan fingerprint density at radius 3 is 2.10 bits per heavy atom. The first-order valence-corrected chi connectivity index (χ1v) is 9.73. The van der Waals surface area contributed by atoms with Crippen molar-refractivity contribution in [2.24, 2.45) is 0 Å². The molecular formula is C23H27NO5. The molecular weight excluding hydrogens is 370 g/mol. The number of benzene rings is 2. The number of carbonyl (C=O) groups is 2. The summed E-state index contributed by atoms with van der Waals surface area (Å²) in [7, 11) is 0. The highest BCUT2D eigenvalue weighted by molar-refractivity contribution is 5.79. The molecule has 1 unspecified atom stereocenters. The van der Waals surface area contributed by atoms with Gasteiger partial charge in [0.2, 0.25) is 0 Å². The Labute approximate surface area is 170 Å². The number of alkyl carbamates (subject to hydrolysis) is 1. The van der Waals surface area contributed by atoms with Crippen molar-refractivity contribution in [2.45, 2.75) is 44.8 Å². The van der Waals surface area contributed by atoms with Gasteiger partial charge >= 0.3 is 12.1 Å². The van der Waals surface area contributed by atoms with Gasteiger partial charge in [0.1, 0.15) is 6.61 Å². The van der Waals surface area contributed by atoms with Gasteiger partial charge in [-0.1, -0.05) is 48.5 Å². The first kappa shape index (κ1) is 20.9. The van der Waals surface area contributed by atoms with Gasteiger partial charge in [0.25, 0.3) is 0 Å². The molecule has 29 heavy (non-hydrogen) atoms. The van der Waals surface area contributed by atoms with Crippen LogP contribution in [0.3, 0.4) is 0 Å². The number of hydrogen-bond acceptors (Lipinski definition) is 4. The van der Waals surface area contributed by atoms with Crippen LogP contribution >= 0.6 is 0 Å². The second-order valence-corrected chi connectivity index (χ2v) is 8.16. The molecule has 2 aromatic rings. The number of nitrogens with one attached hydrogen (secondary N) is 1. The topological polar surface area (TPSA) is 84.9 Å². The third kappa shape index (κ3) is 5.35. The van der Waals surface area contributed by atoms with Crippen molar-refractivity contribution in [1.29, 1.82) is 0 Å². The second kappa shape index (κ2) is 8.66. The number of carbonyl (C=O) groups excluding carboxylic acids is 1. The van der Waals surface area contributed by atoms with E-state index >= 15 is 0 Å². The number of carboxylic acids is 1. The van der Waals surface area contributed by atoms with Gasteiger partial charge < -0.3 is 19.9 Å². The van der Waals surface area contributed by atoms with E-state index in [1.165, 1.54) is 0 Å². The Morgan fingerprint density at radius 2 is 1.59 bits per heavy atom. The maximum Gasteiger partial charge on any atom is 0.407 e. The van der Waals surface area contributed by atoms with Crippen molar-refractivity contribution >= 4 is 12.1 Å². The van der Waals surface area contributed by atoms with E-state index in [1.54, 1.807) is 0 Å². The van der Waals surface area contributed by atoms with Gasteiger partial charge in [-0.2, -0.15) is 0 Å². The molecule has 6 nitrogen and oxygen atoms in total. The molecule has 0 bridgehead atoms. The summed E-state index contributed by atoms with van der Waals surface area (Å²) in [5.41, 5.74) is 4.10. The summed E-state index contributed by atoms with van der Waals surface area (Å²) < 4.78 is 11.2. The molecule has 1 amide bonds. The summed E-state index contributed by atoms with van der Waals surface area (Å²) in [6.45, 7) is 5.81. The molecule has 2 N–H and O–H groups in total. The molecule has 1 aliphatic rings. The molecule has 0 saturated carbocycles. The lowest BCUT2D eigenvalue weighted by atomic mass is 9.98. The summed E-state index contributed by atoms with van der Waals surface area (Å²) >= 11 is 0.